The number of unbranched alkanes of at least 4 members (excludes halogenated alkanes) is 3. The van der Waals surface area contributed by atoms with Crippen LogP contribution in [0.25, 0.3) is 0 Å². The number of carbonyl (C=O) groups is 6. The summed E-state index contributed by atoms with van der Waals surface area (Å²) in [7, 11) is -4.03. The van der Waals surface area contributed by atoms with E-state index in [1.807, 2.05) is 48.5 Å². The highest BCUT2D eigenvalue weighted by Gasteiger charge is 2.23. The van der Waals surface area contributed by atoms with E-state index in [4.69, 9.17) is 29.3 Å². The maximum atomic E-state index is 13.3. The summed E-state index contributed by atoms with van der Waals surface area (Å²) in [4.78, 5) is 84.2. The second kappa shape index (κ2) is 32.4. The van der Waals surface area contributed by atoms with E-state index in [9.17, 15) is 38.4 Å². The number of rotatable bonds is 35. The van der Waals surface area contributed by atoms with Crippen molar-refractivity contribution in [2.45, 2.75) is 83.2 Å². The molecule has 2 aromatic rings. The molecule has 0 saturated carbocycles. The topological polar surface area (TPSA) is 283 Å². The Morgan fingerprint density at radius 1 is 0.621 bits per heavy atom. The van der Waals surface area contributed by atoms with Crippen molar-refractivity contribution in [2.75, 3.05) is 84.0 Å². The van der Waals surface area contributed by atoms with Gasteiger partial charge in [0.15, 0.2) is 0 Å². The first-order valence-electron chi connectivity index (χ1n) is 22.2. The van der Waals surface area contributed by atoms with Crippen LogP contribution in [0.2, 0.25) is 0 Å². The van der Waals surface area contributed by atoms with Gasteiger partial charge in [-0.2, -0.15) is 0 Å². The number of anilines is 1. The van der Waals surface area contributed by atoms with Crippen LogP contribution in [0.15, 0.2) is 48.5 Å². The van der Waals surface area contributed by atoms with Crippen molar-refractivity contribution >= 4 is 48.9 Å². The average Bonchev–Trinajstić information content (AvgIpc) is 3.28. The maximum absolute atomic E-state index is 13.3. The smallest absolute Gasteiger partial charge is 0.400 e. The van der Waals surface area contributed by atoms with Crippen LogP contribution in [-0.4, -0.2) is 131 Å². The lowest BCUT2D eigenvalue weighted by atomic mass is 10.0. The van der Waals surface area contributed by atoms with Gasteiger partial charge < -0.3 is 55.1 Å². The van der Waals surface area contributed by atoms with Gasteiger partial charge in [0.2, 0.25) is 29.5 Å². The van der Waals surface area contributed by atoms with E-state index in [2.05, 4.69) is 37.6 Å². The van der Waals surface area contributed by atoms with E-state index in [-0.39, 0.29) is 81.9 Å². The molecule has 3 rings (SSSR count). The zero-order chi connectivity index (χ0) is 47.8. The van der Waals surface area contributed by atoms with Crippen molar-refractivity contribution in [2.24, 2.45) is 5.50 Å². The second-order valence-corrected chi connectivity index (χ2v) is 16.5. The fourth-order valence-electron chi connectivity index (χ4n) is 6.28. The van der Waals surface area contributed by atoms with Crippen molar-refractivity contribution < 1.29 is 66.8 Å². The number of aliphatic carboxylic acids is 1. The number of nitrogens with one attached hydrogen (secondary N) is 4. The third-order valence-corrected chi connectivity index (χ3v) is 10.3. The summed E-state index contributed by atoms with van der Waals surface area (Å²) in [5.41, 5.74) is 8.18. The van der Waals surface area contributed by atoms with Crippen molar-refractivity contribution in [3.05, 3.63) is 65.2 Å². The van der Waals surface area contributed by atoms with E-state index >= 15 is 0 Å². The largest absolute Gasteiger partial charge is 0.480 e. The minimum absolute atomic E-state index is 0.0387. The van der Waals surface area contributed by atoms with Crippen LogP contribution in [0.3, 0.4) is 0 Å². The zero-order valence-electron chi connectivity index (χ0n) is 37.4. The van der Waals surface area contributed by atoms with Crippen LogP contribution in [0.4, 0.5) is 5.69 Å². The molecule has 364 valence electrons. The molecule has 1 heterocycles. The highest BCUT2D eigenvalue weighted by Crippen LogP contribution is 2.31. The van der Waals surface area contributed by atoms with Crippen LogP contribution in [0, 0.1) is 11.8 Å². The van der Waals surface area contributed by atoms with Gasteiger partial charge in [0.05, 0.1) is 71.7 Å². The van der Waals surface area contributed by atoms with E-state index in [1.54, 1.807) is 4.90 Å². The van der Waals surface area contributed by atoms with Gasteiger partial charge in [0, 0.05) is 62.9 Å². The van der Waals surface area contributed by atoms with Crippen molar-refractivity contribution in [3.8, 4) is 11.8 Å². The molecule has 0 saturated heterocycles. The molecule has 0 fully saturated rings. The zero-order valence-corrected chi connectivity index (χ0v) is 38.3. The molecule has 5 amide bonds. The molecule has 2 atom stereocenters. The Morgan fingerprint density at radius 2 is 1.18 bits per heavy atom. The molecule has 0 aliphatic carbocycles. The third-order valence-electron chi connectivity index (χ3n) is 9.76. The molecule has 1 aliphatic rings. The maximum Gasteiger partial charge on any atom is 0.400 e. The van der Waals surface area contributed by atoms with E-state index in [1.165, 1.54) is 0 Å². The van der Waals surface area contributed by atoms with Gasteiger partial charge in [0.25, 0.3) is 0 Å². The SMILES string of the molecule is NP(=O)(O)OCCCCNC(=O)CC[C@H](NC(=O)CCCCCNC(=O)CCOCCOCCOCCOCCNC(=O)CCC(=O)N1Cc2ccccc2C#Cc2ccccc21)C(=O)O. The van der Waals surface area contributed by atoms with Gasteiger partial charge in [-0.15, -0.1) is 0 Å². The Labute approximate surface area is 385 Å². The first-order valence-corrected chi connectivity index (χ1v) is 23.9. The van der Waals surface area contributed by atoms with Gasteiger partial charge in [-0.25, -0.2) is 14.9 Å². The number of nitrogens with two attached hydrogens (primary N) is 1. The lowest BCUT2D eigenvalue weighted by molar-refractivity contribution is -0.142. The number of ether oxygens (including phenoxy) is 4. The molecule has 21 heteroatoms. The molecule has 0 aromatic heterocycles. The Morgan fingerprint density at radius 3 is 1.86 bits per heavy atom. The Balaban J connectivity index is 1.07. The monoisotopic (exact) mass is 944 g/mol. The lowest BCUT2D eigenvalue weighted by Gasteiger charge is -2.26. The number of hydrogen-bond donors (Lipinski definition) is 7. The van der Waals surface area contributed by atoms with Gasteiger partial charge in [-0.05, 0) is 55.9 Å². The fourth-order valence-corrected chi connectivity index (χ4v) is 6.67. The second-order valence-electron chi connectivity index (χ2n) is 15.1. The molecule has 2 aromatic carbocycles. The number of carboxylic acid groups (broad SMARTS) is 1. The summed E-state index contributed by atoms with van der Waals surface area (Å²) >= 11 is 0. The van der Waals surface area contributed by atoms with Crippen molar-refractivity contribution in [1.82, 2.24) is 21.3 Å². The summed E-state index contributed by atoms with van der Waals surface area (Å²) in [6.07, 6.45) is 2.82. The number of carboxylic acids is 1. The van der Waals surface area contributed by atoms with Crippen molar-refractivity contribution in [3.63, 3.8) is 0 Å². The first kappa shape index (κ1) is 55.1. The highest BCUT2D eigenvalue weighted by molar-refractivity contribution is 7.50. The number of hydrogen-bond acceptors (Lipinski definition) is 12. The Bertz CT molecular complexity index is 1950. The van der Waals surface area contributed by atoms with Crippen LogP contribution in [0.1, 0.15) is 87.3 Å². The number of carbonyl (C=O) groups excluding carboxylic acids is 5. The minimum Gasteiger partial charge on any atom is -0.480 e. The first-order chi connectivity index (χ1) is 31.8. The number of para-hydroxylation sites is 1. The van der Waals surface area contributed by atoms with Gasteiger partial charge >= 0.3 is 13.7 Å². The standard InChI is InChI=1S/C45H65N6O14P/c46-66(59,60)65-25-9-8-23-47-40(52)18-17-38(45(57)58)50-43(55)14-2-1-7-22-48-42(54)21-26-61-28-30-63-32-33-64-31-29-62-27-24-49-41(53)19-20-44(56)51-34-37-12-4-3-10-35(37)15-16-36-11-5-6-13-39(36)51/h3-6,10-13,38H,1-2,7-9,14,17-34H2,(H,47,52)(H,48,54)(H,49,53)(H,50,55)(H,57,58)(H3,46,59,60)/t38-/m0/s1. The number of fused-ring (bicyclic) bond motifs is 2. The molecular weight excluding hydrogens is 879 g/mol. The molecule has 1 aliphatic heterocycles. The molecule has 66 heavy (non-hydrogen) atoms. The molecule has 0 spiro atoms. The Hall–Kier alpha value is -5.23. The van der Waals surface area contributed by atoms with Gasteiger partial charge in [0.1, 0.15) is 6.04 Å². The minimum atomic E-state index is -4.03. The van der Waals surface area contributed by atoms with Crippen LogP contribution >= 0.6 is 7.75 Å². The lowest BCUT2D eigenvalue weighted by Crippen LogP contribution is -2.41. The summed E-state index contributed by atoms with van der Waals surface area (Å²) in [5.74, 6) is 3.74. The molecule has 8 N–H and O–H groups in total. The number of nitrogens with zero attached hydrogens (tertiary/aromatic N) is 1. The molecule has 0 bridgehead atoms. The summed E-state index contributed by atoms with van der Waals surface area (Å²) < 4.78 is 37.3. The number of benzene rings is 2. The molecule has 1 unspecified atom stereocenters. The van der Waals surface area contributed by atoms with E-state index in [0.717, 1.165) is 22.4 Å². The summed E-state index contributed by atoms with van der Waals surface area (Å²) in [6, 6.07) is 14.0. The predicted octanol–water partition coefficient (Wildman–Crippen LogP) is 2.28. The quantitative estimate of drug-likeness (QED) is 0.0297. The third kappa shape index (κ3) is 24.9. The van der Waals surface area contributed by atoms with E-state index < -0.39 is 25.7 Å². The highest BCUT2D eigenvalue weighted by atomic mass is 31.2. The predicted molar refractivity (Wildman–Crippen MR) is 243 cm³/mol. The fraction of sp³-hybridized carbons (Fsp3) is 0.556. The molecule has 20 nitrogen and oxygen atoms in total. The molecular formula is C45H65N6O14P. The van der Waals surface area contributed by atoms with Crippen LogP contribution < -0.4 is 31.7 Å². The number of amides is 5. The van der Waals surface area contributed by atoms with Gasteiger partial charge in [-0.3, -0.25) is 28.5 Å². The normalized spacial score (nSPS) is 13.0. The van der Waals surface area contributed by atoms with E-state index in [0.29, 0.717) is 98.0 Å². The summed E-state index contributed by atoms with van der Waals surface area (Å²) in [6.45, 7) is 3.93. The van der Waals surface area contributed by atoms with Gasteiger partial charge in [-0.1, -0.05) is 48.6 Å². The van der Waals surface area contributed by atoms with Crippen molar-refractivity contribution in [1.29, 1.82) is 0 Å². The Kier molecular flexibility index (Phi) is 27.1. The molecule has 0 radical (unpaired) electrons. The summed E-state index contributed by atoms with van der Waals surface area (Å²) in [5, 5.41) is 20.1. The van der Waals surface area contributed by atoms with Crippen LogP contribution in [0.5, 0.6) is 0 Å². The average molecular weight is 945 g/mol. The van der Waals surface area contributed by atoms with Crippen LogP contribution in [-0.2, 0) is 63.3 Å².